The molecular formula is C9H22N4O2. The van der Waals surface area contributed by atoms with Crippen molar-refractivity contribution in [2.75, 3.05) is 6.61 Å². The van der Waals surface area contributed by atoms with Gasteiger partial charge in [0.05, 0.1) is 6.61 Å². The Morgan fingerprint density at radius 3 is 1.53 bits per heavy atom. The second-order valence-electron chi connectivity index (χ2n) is 1.32. The van der Waals surface area contributed by atoms with Crippen molar-refractivity contribution in [1.82, 2.24) is 0 Å². The van der Waals surface area contributed by atoms with E-state index in [9.17, 15) is 4.79 Å². The van der Waals surface area contributed by atoms with E-state index in [0.29, 0.717) is 13.1 Å². The number of unbranched alkanes of at least 4 members (excludes halogenated alkanes) is 1. The summed E-state index contributed by atoms with van der Waals surface area (Å²) in [6, 6.07) is 0. The maximum absolute atomic E-state index is 9.46. The fraction of sp³-hybridized carbons (Fsp3) is 0.444. The minimum absolute atomic E-state index is 0.482. The summed E-state index contributed by atoms with van der Waals surface area (Å²) in [5, 5.41) is 22.0. The molecule has 90 valence electrons. The van der Waals surface area contributed by atoms with Gasteiger partial charge in [-0.25, -0.2) is 0 Å². The number of hydrogen-bond acceptors (Lipinski definition) is 6. The van der Waals surface area contributed by atoms with Crippen LogP contribution in [0.1, 0.15) is 19.8 Å². The molecule has 0 aliphatic carbocycles. The van der Waals surface area contributed by atoms with Crippen LogP contribution in [0.2, 0.25) is 0 Å². The fourth-order valence-corrected chi connectivity index (χ4v) is 0.276. The molecule has 0 radical (unpaired) electrons. The van der Waals surface area contributed by atoms with Gasteiger partial charge in [0.25, 0.3) is 6.47 Å². The first kappa shape index (κ1) is 29.2. The van der Waals surface area contributed by atoms with Crippen LogP contribution in [0.25, 0.3) is 0 Å². The first-order chi connectivity index (χ1) is 7.41. The Labute approximate surface area is 91.7 Å². The Kier molecular flexibility index (Phi) is 297. The summed E-state index contributed by atoms with van der Waals surface area (Å²) >= 11 is 0. The van der Waals surface area contributed by atoms with Crippen molar-refractivity contribution in [3.63, 3.8) is 0 Å². The third-order valence-electron chi connectivity index (χ3n) is 0.684. The number of nitrogens with one attached hydrogen (secondary N) is 4. The standard InChI is InChI=1S/C5H10O2.4CH3N/c1-2-3-4-7-5-6;4*1-2/h5H,2-4H2,1H3;4*2H,1H2. The van der Waals surface area contributed by atoms with Crippen molar-refractivity contribution >= 4 is 33.3 Å². The van der Waals surface area contributed by atoms with E-state index >= 15 is 0 Å². The molecule has 0 saturated carbocycles. The van der Waals surface area contributed by atoms with Gasteiger partial charge < -0.3 is 26.4 Å². The number of ether oxygens (including phenoxy) is 1. The van der Waals surface area contributed by atoms with Crippen molar-refractivity contribution in [2.45, 2.75) is 19.8 Å². The highest BCUT2D eigenvalue weighted by molar-refractivity contribution is 5.36. The predicted molar refractivity (Wildman–Crippen MR) is 66.3 cm³/mol. The maximum Gasteiger partial charge on any atom is 0.293 e. The third kappa shape index (κ3) is 271. The molecule has 0 aromatic heterocycles. The molecular weight excluding hydrogens is 196 g/mol. The molecule has 0 amide bonds. The number of hydrogen-bond donors (Lipinski definition) is 4. The molecule has 0 aliphatic rings. The molecule has 6 nitrogen and oxygen atoms in total. The monoisotopic (exact) mass is 218 g/mol. The van der Waals surface area contributed by atoms with Gasteiger partial charge in [-0.15, -0.1) is 0 Å². The summed E-state index contributed by atoms with van der Waals surface area (Å²) in [5.41, 5.74) is 0. The molecule has 0 saturated heterocycles. The lowest BCUT2D eigenvalue weighted by Crippen LogP contribution is -1.88. The van der Waals surface area contributed by atoms with Crippen LogP contribution < -0.4 is 0 Å². The zero-order valence-corrected chi connectivity index (χ0v) is 9.34. The first-order valence-corrected chi connectivity index (χ1v) is 3.88. The van der Waals surface area contributed by atoms with Crippen molar-refractivity contribution in [3.8, 4) is 0 Å². The van der Waals surface area contributed by atoms with Crippen LogP contribution in [-0.2, 0) is 9.53 Å². The Balaban J connectivity index is -0.0000000353. The van der Waals surface area contributed by atoms with Crippen LogP contribution >= 0.6 is 0 Å². The van der Waals surface area contributed by atoms with Gasteiger partial charge in [-0.1, -0.05) is 13.3 Å². The number of carbonyl (C=O) groups excluding carboxylic acids is 1. The van der Waals surface area contributed by atoms with E-state index in [4.69, 9.17) is 21.6 Å². The SMILES string of the molecule is C=N.C=N.C=N.C=N.CCCCOC=O. The Morgan fingerprint density at radius 2 is 1.33 bits per heavy atom. The number of carbonyl (C=O) groups is 1. The highest BCUT2D eigenvalue weighted by Crippen LogP contribution is 1.83. The van der Waals surface area contributed by atoms with Gasteiger partial charge >= 0.3 is 0 Å². The van der Waals surface area contributed by atoms with Crippen molar-refractivity contribution in [1.29, 1.82) is 21.6 Å². The predicted octanol–water partition coefficient (Wildman–Crippen LogP) is 2.02. The van der Waals surface area contributed by atoms with Crippen LogP contribution in [-0.4, -0.2) is 39.9 Å². The molecule has 0 aromatic rings. The largest absolute Gasteiger partial charge is 0.468 e. The van der Waals surface area contributed by atoms with E-state index < -0.39 is 0 Å². The second-order valence-corrected chi connectivity index (χ2v) is 1.32. The van der Waals surface area contributed by atoms with E-state index in [-0.39, 0.29) is 0 Å². The van der Waals surface area contributed by atoms with Crippen LogP contribution in [0.15, 0.2) is 0 Å². The summed E-state index contributed by atoms with van der Waals surface area (Å²) in [7, 11) is 0. The average Bonchev–Trinajstić information content (AvgIpc) is 2.40. The van der Waals surface area contributed by atoms with E-state index in [1.807, 2.05) is 6.92 Å². The lowest BCUT2D eigenvalue weighted by atomic mass is 10.4. The van der Waals surface area contributed by atoms with Crippen LogP contribution in [0, 0.1) is 21.6 Å². The summed E-state index contributed by atoms with van der Waals surface area (Å²) < 4.78 is 4.39. The molecule has 0 aliphatic heterocycles. The van der Waals surface area contributed by atoms with Gasteiger partial charge in [-0.2, -0.15) is 0 Å². The van der Waals surface area contributed by atoms with E-state index in [1.54, 1.807) is 0 Å². The topological polar surface area (TPSA) is 122 Å². The molecule has 0 heterocycles. The highest BCUT2D eigenvalue weighted by atomic mass is 16.5. The van der Waals surface area contributed by atoms with Crippen LogP contribution in [0.3, 0.4) is 0 Å². The van der Waals surface area contributed by atoms with Gasteiger partial charge in [0.1, 0.15) is 0 Å². The molecule has 0 spiro atoms. The normalized spacial score (nSPS) is 4.87. The molecule has 4 N–H and O–H groups in total. The second kappa shape index (κ2) is 152. The quantitative estimate of drug-likeness (QED) is 0.328. The van der Waals surface area contributed by atoms with Gasteiger partial charge in [0.15, 0.2) is 0 Å². The van der Waals surface area contributed by atoms with Gasteiger partial charge in [-0.05, 0) is 33.3 Å². The van der Waals surface area contributed by atoms with Gasteiger partial charge in [0, 0.05) is 0 Å². The summed E-state index contributed by atoms with van der Waals surface area (Å²) in [6.45, 7) is 13.1. The minimum atomic E-state index is 0.482. The Morgan fingerprint density at radius 1 is 1.00 bits per heavy atom. The number of rotatable bonds is 4. The summed E-state index contributed by atoms with van der Waals surface area (Å²) in [4.78, 5) is 9.46. The molecule has 0 rings (SSSR count). The Hall–Kier alpha value is -1.85. The summed E-state index contributed by atoms with van der Waals surface area (Å²) in [6.07, 6.45) is 2.05. The zero-order valence-electron chi connectivity index (χ0n) is 9.34. The summed E-state index contributed by atoms with van der Waals surface area (Å²) in [5.74, 6) is 0. The van der Waals surface area contributed by atoms with Crippen molar-refractivity contribution < 1.29 is 9.53 Å². The van der Waals surface area contributed by atoms with E-state index in [1.165, 1.54) is 0 Å². The van der Waals surface area contributed by atoms with Gasteiger partial charge in [0.2, 0.25) is 0 Å². The molecule has 0 aromatic carbocycles. The maximum atomic E-state index is 9.46. The molecule has 15 heavy (non-hydrogen) atoms. The smallest absolute Gasteiger partial charge is 0.293 e. The first-order valence-electron chi connectivity index (χ1n) is 3.88. The van der Waals surface area contributed by atoms with Crippen molar-refractivity contribution in [3.05, 3.63) is 0 Å². The highest BCUT2D eigenvalue weighted by Gasteiger charge is 1.78. The van der Waals surface area contributed by atoms with Crippen LogP contribution in [0.5, 0.6) is 0 Å². The Bertz CT molecular complexity index is 86.2. The fourth-order valence-electron chi connectivity index (χ4n) is 0.276. The van der Waals surface area contributed by atoms with Crippen LogP contribution in [0.4, 0.5) is 0 Å². The minimum Gasteiger partial charge on any atom is -0.468 e. The lowest BCUT2D eigenvalue weighted by molar-refractivity contribution is -0.128. The molecule has 0 bridgehead atoms. The van der Waals surface area contributed by atoms with E-state index in [0.717, 1.165) is 12.8 Å². The van der Waals surface area contributed by atoms with Crippen molar-refractivity contribution in [2.24, 2.45) is 0 Å². The van der Waals surface area contributed by atoms with E-state index in [2.05, 4.69) is 31.6 Å². The third-order valence-corrected chi connectivity index (χ3v) is 0.684. The molecule has 0 fully saturated rings. The molecule has 0 unspecified atom stereocenters. The average molecular weight is 218 g/mol. The molecule has 6 heteroatoms. The molecule has 0 atom stereocenters. The van der Waals surface area contributed by atoms with Gasteiger partial charge in [-0.3, -0.25) is 4.79 Å². The zero-order chi connectivity index (χ0) is 13.5. The lowest BCUT2D eigenvalue weighted by Gasteiger charge is -1.90.